The molecule has 2 heterocycles. The summed E-state index contributed by atoms with van der Waals surface area (Å²) in [5.41, 5.74) is 3.22. The zero-order valence-corrected chi connectivity index (χ0v) is 10.5. The Morgan fingerprint density at radius 3 is 2.65 bits per heavy atom. The molecule has 2 aliphatic heterocycles. The van der Waals surface area contributed by atoms with Crippen LogP contribution in [0.1, 0.15) is 44.9 Å². The molecular weight excluding hydrogens is 216 g/mol. The summed E-state index contributed by atoms with van der Waals surface area (Å²) >= 11 is 0. The maximum atomic E-state index is 5.98. The zero-order valence-electron chi connectivity index (χ0n) is 10.5. The summed E-state index contributed by atoms with van der Waals surface area (Å²) in [6.45, 7) is 1.80. The first-order chi connectivity index (χ1) is 8.33. The number of hydrazine groups is 1. The largest absolute Gasteiger partial charge is 0.377 e. The van der Waals surface area contributed by atoms with Crippen molar-refractivity contribution < 1.29 is 9.47 Å². The van der Waals surface area contributed by atoms with E-state index in [1.165, 1.54) is 32.1 Å². The molecule has 3 N–H and O–H groups in total. The number of hydrogen-bond donors (Lipinski definition) is 2. The van der Waals surface area contributed by atoms with Gasteiger partial charge in [-0.15, -0.1) is 0 Å². The summed E-state index contributed by atoms with van der Waals surface area (Å²) in [6, 6.07) is 0.318. The summed E-state index contributed by atoms with van der Waals surface area (Å²) in [4.78, 5) is 0. The monoisotopic (exact) mass is 240 g/mol. The second-order valence-electron chi connectivity index (χ2n) is 5.88. The van der Waals surface area contributed by atoms with Crippen LogP contribution in [0.25, 0.3) is 0 Å². The van der Waals surface area contributed by atoms with Gasteiger partial charge in [-0.05, 0) is 50.9 Å². The summed E-state index contributed by atoms with van der Waals surface area (Å²) in [6.07, 6.45) is 8.75. The summed E-state index contributed by atoms with van der Waals surface area (Å²) in [5, 5.41) is 0. The molecule has 3 unspecified atom stereocenters. The van der Waals surface area contributed by atoms with Crippen LogP contribution in [0.15, 0.2) is 0 Å². The lowest BCUT2D eigenvalue weighted by Crippen LogP contribution is -2.55. The first-order valence-corrected chi connectivity index (χ1v) is 7.05. The molecule has 0 amide bonds. The lowest BCUT2D eigenvalue weighted by Gasteiger charge is -2.49. The van der Waals surface area contributed by atoms with Crippen molar-refractivity contribution in [2.75, 3.05) is 13.2 Å². The highest BCUT2D eigenvalue weighted by Gasteiger charge is 2.45. The zero-order chi connectivity index (χ0) is 11.7. The number of rotatable bonds is 3. The summed E-state index contributed by atoms with van der Waals surface area (Å²) < 4.78 is 11.8. The van der Waals surface area contributed by atoms with Crippen molar-refractivity contribution in [3.05, 3.63) is 0 Å². The van der Waals surface area contributed by atoms with Gasteiger partial charge >= 0.3 is 0 Å². The molecule has 1 spiro atoms. The van der Waals surface area contributed by atoms with Crippen molar-refractivity contribution in [1.29, 1.82) is 0 Å². The third-order valence-electron chi connectivity index (χ3n) is 4.86. The predicted molar refractivity (Wildman–Crippen MR) is 65.3 cm³/mol. The standard InChI is InChI=1S/C13H24N2O2/c14-15-12(11-3-1-7-16-11)10-4-8-17-13(9-10)5-2-6-13/h10-12,15H,1-9,14H2. The van der Waals surface area contributed by atoms with Gasteiger partial charge in [-0.3, -0.25) is 11.3 Å². The van der Waals surface area contributed by atoms with Crippen LogP contribution in [0.4, 0.5) is 0 Å². The van der Waals surface area contributed by atoms with Crippen molar-refractivity contribution in [2.24, 2.45) is 11.8 Å². The molecule has 98 valence electrons. The lowest BCUT2D eigenvalue weighted by molar-refractivity contribution is -0.151. The predicted octanol–water partition coefficient (Wildman–Crippen LogP) is 1.35. The normalized spacial score (nSPS) is 37.9. The second kappa shape index (κ2) is 4.84. The van der Waals surface area contributed by atoms with Crippen molar-refractivity contribution in [2.45, 2.75) is 62.7 Å². The number of hydrogen-bond acceptors (Lipinski definition) is 4. The van der Waals surface area contributed by atoms with Gasteiger partial charge < -0.3 is 9.47 Å². The Bertz CT molecular complexity index is 262. The van der Waals surface area contributed by atoms with Crippen molar-refractivity contribution in [3.8, 4) is 0 Å². The van der Waals surface area contributed by atoms with E-state index in [4.69, 9.17) is 15.3 Å². The average molecular weight is 240 g/mol. The van der Waals surface area contributed by atoms with Crippen LogP contribution < -0.4 is 11.3 Å². The highest BCUT2D eigenvalue weighted by atomic mass is 16.5. The third-order valence-corrected chi connectivity index (χ3v) is 4.86. The van der Waals surface area contributed by atoms with Gasteiger partial charge in [-0.25, -0.2) is 0 Å². The Hall–Kier alpha value is -0.160. The number of nitrogens with two attached hydrogens (primary N) is 1. The molecule has 1 aliphatic carbocycles. The van der Waals surface area contributed by atoms with E-state index in [0.717, 1.165) is 26.1 Å². The van der Waals surface area contributed by atoms with Crippen molar-refractivity contribution in [3.63, 3.8) is 0 Å². The van der Waals surface area contributed by atoms with Gasteiger partial charge in [0.15, 0.2) is 0 Å². The van der Waals surface area contributed by atoms with E-state index in [-0.39, 0.29) is 5.60 Å². The molecule has 4 nitrogen and oxygen atoms in total. The topological polar surface area (TPSA) is 56.5 Å². The lowest BCUT2D eigenvalue weighted by atomic mass is 9.70. The Morgan fingerprint density at radius 1 is 1.18 bits per heavy atom. The molecular formula is C13H24N2O2. The highest BCUT2D eigenvalue weighted by molar-refractivity contribution is 4.98. The van der Waals surface area contributed by atoms with E-state index in [0.29, 0.717) is 18.1 Å². The van der Waals surface area contributed by atoms with Crippen LogP contribution in [0.3, 0.4) is 0 Å². The van der Waals surface area contributed by atoms with Gasteiger partial charge in [0.05, 0.1) is 17.7 Å². The average Bonchev–Trinajstić information content (AvgIpc) is 2.82. The molecule has 3 atom stereocenters. The van der Waals surface area contributed by atoms with Crippen molar-refractivity contribution >= 4 is 0 Å². The van der Waals surface area contributed by atoms with Gasteiger partial charge in [-0.1, -0.05) is 0 Å². The van der Waals surface area contributed by atoms with E-state index in [9.17, 15) is 0 Å². The van der Waals surface area contributed by atoms with Gasteiger partial charge in [0.2, 0.25) is 0 Å². The number of nitrogens with one attached hydrogen (secondary N) is 1. The second-order valence-corrected chi connectivity index (χ2v) is 5.88. The first kappa shape index (κ1) is 11.9. The van der Waals surface area contributed by atoms with Crippen LogP contribution in [-0.2, 0) is 9.47 Å². The molecule has 4 heteroatoms. The Labute approximate surface area is 103 Å². The van der Waals surface area contributed by atoms with Crippen LogP contribution in [0, 0.1) is 5.92 Å². The molecule has 2 saturated heterocycles. The molecule has 0 bridgehead atoms. The minimum atomic E-state index is 0.205. The molecule has 0 aromatic heterocycles. The fourth-order valence-corrected chi connectivity index (χ4v) is 3.72. The van der Waals surface area contributed by atoms with Gasteiger partial charge in [0.25, 0.3) is 0 Å². The minimum Gasteiger partial charge on any atom is -0.377 e. The first-order valence-electron chi connectivity index (χ1n) is 7.05. The molecule has 3 aliphatic rings. The minimum absolute atomic E-state index is 0.205. The van der Waals surface area contributed by atoms with Crippen LogP contribution >= 0.6 is 0 Å². The Balaban J connectivity index is 1.64. The maximum absolute atomic E-state index is 5.98. The summed E-state index contributed by atoms with van der Waals surface area (Å²) in [7, 11) is 0. The van der Waals surface area contributed by atoms with Crippen molar-refractivity contribution in [1.82, 2.24) is 5.43 Å². The van der Waals surface area contributed by atoms with Crippen LogP contribution in [0.5, 0.6) is 0 Å². The molecule has 0 aromatic carbocycles. The van der Waals surface area contributed by atoms with E-state index in [2.05, 4.69) is 5.43 Å². The SMILES string of the molecule is NNC(C1CCOC2(CCC2)C1)C1CCCO1. The summed E-state index contributed by atoms with van der Waals surface area (Å²) in [5.74, 6) is 6.38. The van der Waals surface area contributed by atoms with Crippen LogP contribution in [0.2, 0.25) is 0 Å². The Kier molecular flexibility index (Phi) is 3.39. The molecule has 3 fully saturated rings. The van der Waals surface area contributed by atoms with Gasteiger partial charge in [0.1, 0.15) is 0 Å². The Morgan fingerprint density at radius 2 is 2.06 bits per heavy atom. The smallest absolute Gasteiger partial charge is 0.0745 e. The fraction of sp³-hybridized carbons (Fsp3) is 1.00. The molecule has 17 heavy (non-hydrogen) atoms. The molecule has 3 rings (SSSR count). The van der Waals surface area contributed by atoms with E-state index >= 15 is 0 Å². The van der Waals surface area contributed by atoms with Gasteiger partial charge in [-0.2, -0.15) is 0 Å². The number of ether oxygens (including phenoxy) is 2. The molecule has 1 saturated carbocycles. The fourth-order valence-electron chi connectivity index (χ4n) is 3.72. The molecule has 0 aromatic rings. The molecule has 0 radical (unpaired) electrons. The van der Waals surface area contributed by atoms with E-state index < -0.39 is 0 Å². The van der Waals surface area contributed by atoms with E-state index in [1.54, 1.807) is 0 Å². The maximum Gasteiger partial charge on any atom is 0.0745 e. The third kappa shape index (κ3) is 2.24. The van der Waals surface area contributed by atoms with E-state index in [1.807, 2.05) is 0 Å². The van der Waals surface area contributed by atoms with Gasteiger partial charge in [0, 0.05) is 13.2 Å². The van der Waals surface area contributed by atoms with Crippen LogP contribution in [-0.4, -0.2) is 31.0 Å². The highest BCUT2D eigenvalue weighted by Crippen LogP contribution is 2.45. The quantitative estimate of drug-likeness (QED) is 0.577.